The molecule has 0 spiro atoms. The molecule has 30 heavy (non-hydrogen) atoms. The molecule has 0 unspecified atom stereocenters. The Morgan fingerprint density at radius 3 is 2.63 bits per heavy atom. The summed E-state index contributed by atoms with van der Waals surface area (Å²) < 4.78 is 5.69. The van der Waals surface area contributed by atoms with Gasteiger partial charge in [-0.3, -0.25) is 4.79 Å². The molecule has 148 valence electrons. The fraction of sp³-hybridized carbons (Fsp3) is 0.200. The van der Waals surface area contributed by atoms with Gasteiger partial charge in [0.2, 0.25) is 5.78 Å². The summed E-state index contributed by atoms with van der Waals surface area (Å²) in [6.45, 7) is 0. The number of oxazole rings is 1. The van der Waals surface area contributed by atoms with E-state index < -0.39 is 0 Å². The van der Waals surface area contributed by atoms with Crippen LogP contribution in [0.2, 0.25) is 0 Å². The predicted octanol–water partition coefficient (Wildman–Crippen LogP) is 5.75. The first kappa shape index (κ1) is 19.5. The molecule has 2 heterocycles. The van der Waals surface area contributed by atoms with E-state index in [2.05, 4.69) is 28.2 Å². The van der Waals surface area contributed by atoms with E-state index in [1.54, 1.807) is 18.3 Å². The maximum absolute atomic E-state index is 12.5. The molecule has 0 fully saturated rings. The van der Waals surface area contributed by atoms with Gasteiger partial charge in [-0.2, -0.15) is 10.2 Å². The Morgan fingerprint density at radius 1 is 1.00 bits per heavy atom. The summed E-state index contributed by atoms with van der Waals surface area (Å²) in [5.41, 5.74) is 4.27. The number of ketones is 1. The van der Waals surface area contributed by atoms with Crippen molar-refractivity contribution in [1.82, 2.24) is 9.97 Å². The normalized spacial score (nSPS) is 10.8. The fourth-order valence-corrected chi connectivity index (χ4v) is 3.46. The van der Waals surface area contributed by atoms with Gasteiger partial charge in [-0.1, -0.05) is 55.0 Å². The molecule has 0 N–H and O–H groups in total. The van der Waals surface area contributed by atoms with E-state index in [-0.39, 0.29) is 11.7 Å². The van der Waals surface area contributed by atoms with Crippen molar-refractivity contribution in [2.75, 3.05) is 0 Å². The predicted molar refractivity (Wildman–Crippen MR) is 115 cm³/mol. The second kappa shape index (κ2) is 9.15. The van der Waals surface area contributed by atoms with E-state index in [0.717, 1.165) is 36.8 Å². The summed E-state index contributed by atoms with van der Waals surface area (Å²) in [5, 5.41) is 9.30. The van der Waals surface area contributed by atoms with Gasteiger partial charge in [0, 0.05) is 23.7 Å². The molecule has 0 aliphatic rings. The summed E-state index contributed by atoms with van der Waals surface area (Å²) in [7, 11) is 0. The lowest BCUT2D eigenvalue weighted by Crippen LogP contribution is -1.99. The number of carbonyl (C=O) groups excluding carboxylic acids is 1. The van der Waals surface area contributed by atoms with Gasteiger partial charge in [-0.15, -0.1) is 0 Å². The number of hydrogen-bond donors (Lipinski definition) is 0. The van der Waals surface area contributed by atoms with Gasteiger partial charge in [0.25, 0.3) is 5.89 Å². The standard InChI is InChI=1S/C25H21N3O2/c26-16-19-12-7-8-13-21(19)20-15-23-24(27-17-20)28-25(30-23)22(29)14-6-2-5-11-18-9-3-1-4-10-18/h1,3-4,7-10,12-13,15,17H,2,5-6,11,14H2. The van der Waals surface area contributed by atoms with E-state index in [1.165, 1.54) is 5.56 Å². The quantitative estimate of drug-likeness (QED) is 0.280. The highest BCUT2D eigenvalue weighted by molar-refractivity contribution is 5.94. The van der Waals surface area contributed by atoms with Crippen molar-refractivity contribution in [2.45, 2.75) is 32.1 Å². The zero-order valence-corrected chi connectivity index (χ0v) is 16.5. The van der Waals surface area contributed by atoms with Crippen LogP contribution in [-0.2, 0) is 6.42 Å². The highest BCUT2D eigenvalue weighted by atomic mass is 16.4. The van der Waals surface area contributed by atoms with Crippen LogP contribution >= 0.6 is 0 Å². The number of nitrogens with zero attached hydrogens (tertiary/aromatic N) is 3. The highest BCUT2D eigenvalue weighted by Gasteiger charge is 2.16. The lowest BCUT2D eigenvalue weighted by Gasteiger charge is -2.02. The molecule has 0 aliphatic carbocycles. The number of fused-ring (bicyclic) bond motifs is 1. The number of pyridine rings is 1. The van der Waals surface area contributed by atoms with Gasteiger partial charge in [-0.25, -0.2) is 4.98 Å². The van der Waals surface area contributed by atoms with Crippen LogP contribution in [0.5, 0.6) is 0 Å². The lowest BCUT2D eigenvalue weighted by molar-refractivity contribution is 0.0947. The summed E-state index contributed by atoms with van der Waals surface area (Å²) in [4.78, 5) is 21.0. The maximum Gasteiger partial charge on any atom is 0.265 e. The SMILES string of the molecule is N#Cc1ccccc1-c1cnc2nc(C(=O)CCCCCc3ccccc3)oc2c1. The first-order chi connectivity index (χ1) is 14.7. The van der Waals surface area contributed by atoms with Crippen LogP contribution in [0.4, 0.5) is 0 Å². The van der Waals surface area contributed by atoms with Crippen molar-refractivity contribution in [1.29, 1.82) is 5.26 Å². The third-order valence-corrected chi connectivity index (χ3v) is 5.06. The highest BCUT2D eigenvalue weighted by Crippen LogP contribution is 2.26. The molecule has 0 bridgehead atoms. The first-order valence-corrected chi connectivity index (χ1v) is 10.1. The molecule has 2 aromatic carbocycles. The second-order valence-electron chi connectivity index (χ2n) is 7.19. The monoisotopic (exact) mass is 395 g/mol. The average Bonchev–Trinajstić information content (AvgIpc) is 3.23. The molecule has 5 nitrogen and oxygen atoms in total. The Morgan fingerprint density at radius 2 is 1.80 bits per heavy atom. The minimum Gasteiger partial charge on any atom is -0.432 e. The van der Waals surface area contributed by atoms with E-state index in [9.17, 15) is 10.1 Å². The largest absolute Gasteiger partial charge is 0.432 e. The Hall–Kier alpha value is -3.78. The number of aromatic nitrogens is 2. The molecule has 0 amide bonds. The van der Waals surface area contributed by atoms with Crippen molar-refractivity contribution in [2.24, 2.45) is 0 Å². The summed E-state index contributed by atoms with van der Waals surface area (Å²) in [6.07, 6.45) is 5.92. The topological polar surface area (TPSA) is 79.8 Å². The van der Waals surface area contributed by atoms with Crippen LogP contribution in [-0.4, -0.2) is 15.8 Å². The van der Waals surface area contributed by atoms with E-state index in [0.29, 0.717) is 23.2 Å². The minimum atomic E-state index is -0.105. The third-order valence-electron chi connectivity index (χ3n) is 5.06. The van der Waals surface area contributed by atoms with Crippen LogP contribution in [0.25, 0.3) is 22.4 Å². The van der Waals surface area contributed by atoms with Crippen molar-refractivity contribution in [3.63, 3.8) is 0 Å². The molecule has 2 aromatic heterocycles. The van der Waals surface area contributed by atoms with Gasteiger partial charge in [0.1, 0.15) is 0 Å². The van der Waals surface area contributed by atoms with E-state index in [4.69, 9.17) is 4.42 Å². The smallest absolute Gasteiger partial charge is 0.265 e. The van der Waals surface area contributed by atoms with Gasteiger partial charge in [0.05, 0.1) is 11.6 Å². The van der Waals surface area contributed by atoms with Crippen molar-refractivity contribution in [3.8, 4) is 17.2 Å². The Bertz CT molecular complexity index is 1210. The number of hydrogen-bond acceptors (Lipinski definition) is 5. The Labute approximate surface area is 175 Å². The van der Waals surface area contributed by atoms with E-state index in [1.807, 2.05) is 36.4 Å². The van der Waals surface area contributed by atoms with E-state index >= 15 is 0 Å². The fourth-order valence-electron chi connectivity index (χ4n) is 3.46. The summed E-state index contributed by atoms with van der Waals surface area (Å²) in [5.74, 6) is -0.00189. The molecule has 0 radical (unpaired) electrons. The van der Waals surface area contributed by atoms with Crippen molar-refractivity contribution in [3.05, 3.63) is 83.9 Å². The molecule has 4 rings (SSSR count). The lowest BCUT2D eigenvalue weighted by atomic mass is 10.0. The number of nitriles is 1. The molecule has 5 heteroatoms. The van der Waals surface area contributed by atoms with Gasteiger partial charge in [0.15, 0.2) is 11.2 Å². The molecule has 0 atom stereocenters. The zero-order chi connectivity index (χ0) is 20.8. The number of carbonyl (C=O) groups is 1. The van der Waals surface area contributed by atoms with Crippen LogP contribution < -0.4 is 0 Å². The van der Waals surface area contributed by atoms with Crippen LogP contribution in [0, 0.1) is 11.3 Å². The number of rotatable bonds is 8. The summed E-state index contributed by atoms with van der Waals surface area (Å²) in [6, 6.07) is 21.6. The van der Waals surface area contributed by atoms with Crippen LogP contribution in [0.1, 0.15) is 47.5 Å². The van der Waals surface area contributed by atoms with Crippen molar-refractivity contribution < 1.29 is 9.21 Å². The van der Waals surface area contributed by atoms with Crippen molar-refractivity contribution >= 4 is 17.0 Å². The van der Waals surface area contributed by atoms with Crippen LogP contribution in [0.3, 0.4) is 0 Å². The molecular weight excluding hydrogens is 374 g/mol. The molecule has 4 aromatic rings. The molecule has 0 aliphatic heterocycles. The maximum atomic E-state index is 12.5. The molecular formula is C25H21N3O2. The molecule has 0 saturated carbocycles. The zero-order valence-electron chi connectivity index (χ0n) is 16.5. The average molecular weight is 395 g/mol. The first-order valence-electron chi connectivity index (χ1n) is 10.1. The number of aryl methyl sites for hydroxylation is 1. The molecule has 0 saturated heterocycles. The number of unbranched alkanes of at least 4 members (excludes halogenated alkanes) is 2. The number of Topliss-reactive ketones (excluding diaryl/α,β-unsaturated/α-hetero) is 1. The Kier molecular flexibility index (Phi) is 5.95. The summed E-state index contributed by atoms with van der Waals surface area (Å²) >= 11 is 0. The number of benzene rings is 2. The van der Waals surface area contributed by atoms with Gasteiger partial charge >= 0.3 is 0 Å². The Balaban J connectivity index is 1.38. The third kappa shape index (κ3) is 4.44. The van der Waals surface area contributed by atoms with Gasteiger partial charge < -0.3 is 4.42 Å². The minimum absolute atomic E-state index is 0.103. The second-order valence-corrected chi connectivity index (χ2v) is 7.19. The van der Waals surface area contributed by atoms with Gasteiger partial charge in [-0.05, 0) is 37.0 Å². The van der Waals surface area contributed by atoms with Crippen LogP contribution in [0.15, 0.2) is 71.3 Å².